The Hall–Kier alpha value is -2.91. The SMILES string of the molecule is Cc1nnc(SCC(=O)Nc2ccc(Cl)c([N+](=O)[O-])c2)n1-c1ccccc1. The number of aryl methyl sites for hydroxylation is 1. The number of nitro groups is 1. The Morgan fingerprint density at radius 3 is 2.70 bits per heavy atom. The van der Waals surface area contributed by atoms with E-state index in [9.17, 15) is 14.9 Å². The molecule has 0 atom stereocenters. The molecule has 1 amide bonds. The standard InChI is InChI=1S/C17H14ClN5O3S/c1-11-20-21-17(22(11)13-5-3-2-4-6-13)27-10-16(24)19-12-7-8-14(18)15(9-12)23(25)26/h2-9H,10H2,1H3,(H,19,24). The van der Waals surface area contributed by atoms with E-state index < -0.39 is 4.92 Å². The molecular formula is C17H14ClN5O3S. The molecule has 0 aliphatic rings. The number of anilines is 1. The van der Waals surface area contributed by atoms with Crippen LogP contribution in [-0.2, 0) is 4.79 Å². The van der Waals surface area contributed by atoms with Gasteiger partial charge in [0.15, 0.2) is 5.16 Å². The number of benzene rings is 2. The molecule has 0 saturated carbocycles. The number of aromatic nitrogens is 3. The Morgan fingerprint density at radius 1 is 1.26 bits per heavy atom. The van der Waals surface area contributed by atoms with Gasteiger partial charge in [-0.3, -0.25) is 19.5 Å². The molecule has 0 unspecified atom stereocenters. The van der Waals surface area contributed by atoms with E-state index in [1.54, 1.807) is 0 Å². The van der Waals surface area contributed by atoms with E-state index in [1.807, 2.05) is 41.8 Å². The maximum atomic E-state index is 12.2. The molecule has 1 heterocycles. The highest BCUT2D eigenvalue weighted by Crippen LogP contribution is 2.28. The predicted molar refractivity (Wildman–Crippen MR) is 104 cm³/mol. The predicted octanol–water partition coefficient (Wildman–Crippen LogP) is 3.87. The molecule has 138 valence electrons. The van der Waals surface area contributed by atoms with Gasteiger partial charge in [-0.15, -0.1) is 10.2 Å². The minimum absolute atomic E-state index is 0.0128. The Labute approximate surface area is 163 Å². The van der Waals surface area contributed by atoms with Crippen molar-refractivity contribution in [1.29, 1.82) is 0 Å². The number of halogens is 1. The summed E-state index contributed by atoms with van der Waals surface area (Å²) in [4.78, 5) is 22.5. The highest BCUT2D eigenvalue weighted by atomic mass is 35.5. The first-order valence-electron chi connectivity index (χ1n) is 7.79. The van der Waals surface area contributed by atoms with Crippen molar-refractivity contribution in [3.63, 3.8) is 0 Å². The molecule has 0 bridgehead atoms. The molecule has 0 aliphatic heterocycles. The van der Waals surface area contributed by atoms with Crippen LogP contribution < -0.4 is 5.32 Å². The van der Waals surface area contributed by atoms with Gasteiger partial charge in [0.1, 0.15) is 10.8 Å². The van der Waals surface area contributed by atoms with Crippen LogP contribution >= 0.6 is 23.4 Å². The fraction of sp³-hybridized carbons (Fsp3) is 0.118. The molecule has 0 fully saturated rings. The number of nitro benzene ring substituents is 1. The van der Waals surface area contributed by atoms with Gasteiger partial charge in [-0.05, 0) is 31.2 Å². The number of carbonyl (C=O) groups is 1. The van der Waals surface area contributed by atoms with Crippen LogP contribution in [0.5, 0.6) is 0 Å². The lowest BCUT2D eigenvalue weighted by molar-refractivity contribution is -0.384. The lowest BCUT2D eigenvalue weighted by Gasteiger charge is -2.08. The van der Waals surface area contributed by atoms with Crippen LogP contribution in [-0.4, -0.2) is 31.3 Å². The number of nitrogens with zero attached hydrogens (tertiary/aromatic N) is 4. The molecule has 0 radical (unpaired) electrons. The van der Waals surface area contributed by atoms with Crippen LogP contribution in [0.25, 0.3) is 5.69 Å². The zero-order valence-corrected chi connectivity index (χ0v) is 15.7. The third-order valence-electron chi connectivity index (χ3n) is 3.57. The maximum absolute atomic E-state index is 12.2. The van der Waals surface area contributed by atoms with Crippen LogP contribution in [0.4, 0.5) is 11.4 Å². The van der Waals surface area contributed by atoms with Crippen molar-refractivity contribution < 1.29 is 9.72 Å². The smallest absolute Gasteiger partial charge is 0.289 e. The Morgan fingerprint density at radius 2 is 2.00 bits per heavy atom. The topological polar surface area (TPSA) is 103 Å². The Bertz CT molecular complexity index is 993. The van der Waals surface area contributed by atoms with Crippen molar-refractivity contribution in [2.24, 2.45) is 0 Å². The normalized spacial score (nSPS) is 10.6. The molecule has 1 N–H and O–H groups in total. The summed E-state index contributed by atoms with van der Waals surface area (Å²) in [5.41, 5.74) is 0.940. The van der Waals surface area contributed by atoms with Crippen LogP contribution in [0.3, 0.4) is 0 Å². The van der Waals surface area contributed by atoms with Gasteiger partial charge in [0.05, 0.1) is 10.7 Å². The first-order chi connectivity index (χ1) is 13.0. The van der Waals surface area contributed by atoms with E-state index in [0.717, 1.165) is 5.69 Å². The van der Waals surface area contributed by atoms with Gasteiger partial charge >= 0.3 is 0 Å². The fourth-order valence-electron chi connectivity index (χ4n) is 2.37. The number of nitrogens with one attached hydrogen (secondary N) is 1. The number of carbonyl (C=O) groups excluding carboxylic acids is 1. The largest absolute Gasteiger partial charge is 0.325 e. The van der Waals surface area contributed by atoms with Crippen molar-refractivity contribution in [1.82, 2.24) is 14.8 Å². The molecule has 0 spiro atoms. The van der Waals surface area contributed by atoms with E-state index in [4.69, 9.17) is 11.6 Å². The zero-order valence-electron chi connectivity index (χ0n) is 14.1. The second kappa shape index (κ2) is 8.19. The zero-order chi connectivity index (χ0) is 19.4. The number of amides is 1. The first kappa shape index (κ1) is 18.9. The van der Waals surface area contributed by atoms with Gasteiger partial charge in [0.25, 0.3) is 5.69 Å². The minimum Gasteiger partial charge on any atom is -0.325 e. The monoisotopic (exact) mass is 403 g/mol. The summed E-state index contributed by atoms with van der Waals surface area (Å²) < 4.78 is 1.85. The Balaban J connectivity index is 1.69. The molecular weight excluding hydrogens is 390 g/mol. The highest BCUT2D eigenvalue weighted by molar-refractivity contribution is 7.99. The van der Waals surface area contributed by atoms with Crippen molar-refractivity contribution in [2.75, 3.05) is 11.1 Å². The molecule has 8 nitrogen and oxygen atoms in total. The molecule has 3 rings (SSSR count). The Kier molecular flexibility index (Phi) is 5.72. The number of thioether (sulfide) groups is 1. The molecule has 10 heteroatoms. The second-order valence-electron chi connectivity index (χ2n) is 5.46. The molecule has 0 saturated heterocycles. The van der Waals surface area contributed by atoms with E-state index in [-0.39, 0.29) is 22.4 Å². The summed E-state index contributed by atoms with van der Waals surface area (Å²) in [6.07, 6.45) is 0. The number of rotatable bonds is 6. The lowest BCUT2D eigenvalue weighted by atomic mass is 10.3. The molecule has 27 heavy (non-hydrogen) atoms. The minimum atomic E-state index is -0.599. The first-order valence-corrected chi connectivity index (χ1v) is 9.16. The number of para-hydroxylation sites is 1. The van der Waals surface area contributed by atoms with Crippen LogP contribution in [0.1, 0.15) is 5.82 Å². The van der Waals surface area contributed by atoms with E-state index in [2.05, 4.69) is 15.5 Å². The van der Waals surface area contributed by atoms with E-state index >= 15 is 0 Å². The lowest BCUT2D eigenvalue weighted by Crippen LogP contribution is -2.14. The fourth-order valence-corrected chi connectivity index (χ4v) is 3.35. The van der Waals surface area contributed by atoms with Crippen molar-refractivity contribution in [2.45, 2.75) is 12.1 Å². The van der Waals surface area contributed by atoms with Gasteiger partial charge in [0, 0.05) is 17.4 Å². The van der Waals surface area contributed by atoms with Crippen molar-refractivity contribution in [3.05, 3.63) is 69.5 Å². The number of hydrogen-bond donors (Lipinski definition) is 1. The summed E-state index contributed by atoms with van der Waals surface area (Å²) in [7, 11) is 0. The van der Waals surface area contributed by atoms with Gasteiger partial charge < -0.3 is 5.32 Å². The van der Waals surface area contributed by atoms with Crippen LogP contribution in [0, 0.1) is 17.0 Å². The third-order valence-corrected chi connectivity index (χ3v) is 4.82. The quantitative estimate of drug-likeness (QED) is 0.380. The van der Waals surface area contributed by atoms with Gasteiger partial charge in [-0.1, -0.05) is 41.6 Å². The number of hydrogen-bond acceptors (Lipinski definition) is 6. The molecule has 1 aromatic heterocycles. The third kappa shape index (κ3) is 4.44. The van der Waals surface area contributed by atoms with Gasteiger partial charge in [0.2, 0.25) is 5.91 Å². The van der Waals surface area contributed by atoms with Crippen LogP contribution in [0.2, 0.25) is 5.02 Å². The summed E-state index contributed by atoms with van der Waals surface area (Å²) in [6.45, 7) is 1.83. The van der Waals surface area contributed by atoms with E-state index in [1.165, 1.54) is 30.0 Å². The molecule has 2 aromatic carbocycles. The summed E-state index contributed by atoms with van der Waals surface area (Å²) in [6, 6.07) is 13.7. The summed E-state index contributed by atoms with van der Waals surface area (Å²) in [5, 5.41) is 22.3. The average molecular weight is 404 g/mol. The van der Waals surface area contributed by atoms with Gasteiger partial charge in [-0.2, -0.15) is 0 Å². The summed E-state index contributed by atoms with van der Waals surface area (Å²) >= 11 is 6.99. The molecule has 3 aromatic rings. The van der Waals surface area contributed by atoms with Crippen molar-refractivity contribution in [3.8, 4) is 5.69 Å². The van der Waals surface area contributed by atoms with Crippen LogP contribution in [0.15, 0.2) is 53.7 Å². The van der Waals surface area contributed by atoms with Gasteiger partial charge in [-0.25, -0.2) is 0 Å². The average Bonchev–Trinajstić information content (AvgIpc) is 3.02. The summed E-state index contributed by atoms with van der Waals surface area (Å²) in [5.74, 6) is 0.454. The van der Waals surface area contributed by atoms with Crippen molar-refractivity contribution >= 4 is 40.6 Å². The van der Waals surface area contributed by atoms with E-state index in [0.29, 0.717) is 16.7 Å². The second-order valence-corrected chi connectivity index (χ2v) is 6.81. The maximum Gasteiger partial charge on any atom is 0.289 e. The molecule has 0 aliphatic carbocycles. The highest BCUT2D eigenvalue weighted by Gasteiger charge is 2.16.